The lowest BCUT2D eigenvalue weighted by Gasteiger charge is -2.30. The number of benzene rings is 7. The summed E-state index contributed by atoms with van der Waals surface area (Å²) in [4.78, 5) is 6.31. The largest absolute Gasteiger partial charge is 0.353 e. The van der Waals surface area contributed by atoms with Gasteiger partial charge < -0.3 is 14.5 Å². The van der Waals surface area contributed by atoms with E-state index < -0.39 is 0 Å². The summed E-state index contributed by atoms with van der Waals surface area (Å²) in [6.07, 6.45) is 0. The summed E-state index contributed by atoms with van der Waals surface area (Å²) in [6, 6.07) is 57.3. The number of hydrogen-bond donors (Lipinski definition) is 1. The van der Waals surface area contributed by atoms with Crippen LogP contribution in [0.1, 0.15) is 0 Å². The Morgan fingerprint density at radius 3 is 2.02 bits per heavy atom. The molecule has 11 rings (SSSR count). The van der Waals surface area contributed by atoms with E-state index in [9.17, 15) is 0 Å². The third-order valence-corrected chi connectivity index (χ3v) is 11.3. The first-order valence-corrected chi connectivity index (χ1v) is 17.5. The maximum absolute atomic E-state index is 3.93. The Hall–Kier alpha value is -6.04. The molecule has 5 heteroatoms. The second kappa shape index (κ2) is 10.2. The number of aromatic nitrogens is 2. The molecule has 0 saturated heterocycles. The average molecular weight is 641 g/mol. The van der Waals surface area contributed by atoms with Crippen LogP contribution >= 0.6 is 11.3 Å². The molecular weight excluding hydrogens is 613 g/mol. The van der Waals surface area contributed by atoms with Crippen molar-refractivity contribution in [2.45, 2.75) is 0 Å². The van der Waals surface area contributed by atoms with Crippen LogP contribution in [0.15, 0.2) is 158 Å². The highest BCUT2D eigenvalue weighted by Crippen LogP contribution is 2.44. The highest BCUT2D eigenvalue weighted by molar-refractivity contribution is 7.26. The van der Waals surface area contributed by atoms with Gasteiger partial charge in [0.1, 0.15) is 0 Å². The van der Waals surface area contributed by atoms with Crippen molar-refractivity contribution >= 4 is 99.6 Å². The topological polar surface area (TPSA) is 24.0 Å². The van der Waals surface area contributed by atoms with Crippen LogP contribution in [0.2, 0.25) is 0 Å². The molecule has 1 aliphatic rings. The Bertz CT molecular complexity index is 2880. The van der Waals surface area contributed by atoms with Gasteiger partial charge in [-0.05, 0) is 59.6 Å². The molecule has 10 aromatic rings. The maximum Gasteiger partial charge on any atom is 0.197 e. The van der Waals surface area contributed by atoms with Gasteiger partial charge in [-0.2, -0.15) is 0 Å². The standard InChI is InChI=1S/C44H27BN3S/c1-3-13-27(14-4-1)47(28-15-5-2-6-16-28)29-25-35(31-19-11-21-34-41(31)46-42-33-18-8-10-24-39(33)49-44(34)42)40-38(26-29)48-37-23-9-7-17-30(37)32-20-12-22-36(45-40)43(32)48/h1-26,46H. The maximum atomic E-state index is 3.93. The quantitative estimate of drug-likeness (QED) is 0.190. The molecule has 227 valence electrons. The number of nitrogens with one attached hydrogen (secondary N) is 1. The van der Waals surface area contributed by atoms with Gasteiger partial charge in [0.2, 0.25) is 0 Å². The molecule has 4 heterocycles. The summed E-state index contributed by atoms with van der Waals surface area (Å²) in [7, 11) is 2.41. The monoisotopic (exact) mass is 640 g/mol. The normalized spacial score (nSPS) is 12.2. The van der Waals surface area contributed by atoms with Crippen LogP contribution in [0.4, 0.5) is 17.1 Å². The molecule has 0 spiro atoms. The Kier molecular flexibility index (Phi) is 5.63. The molecule has 1 radical (unpaired) electrons. The van der Waals surface area contributed by atoms with Gasteiger partial charge in [-0.15, -0.1) is 11.3 Å². The minimum atomic E-state index is 1.11. The SMILES string of the molecule is [B]1c2c(-c3cccc4c3[nH]c3c5ccccc5sc43)cc(N(c3ccccc3)c3ccccc3)cc2-n2c3ccccc3c3cccc1c32. The van der Waals surface area contributed by atoms with Gasteiger partial charge >= 0.3 is 0 Å². The van der Waals surface area contributed by atoms with Crippen molar-refractivity contribution in [2.75, 3.05) is 4.90 Å². The van der Waals surface area contributed by atoms with Gasteiger partial charge in [-0.1, -0.05) is 115 Å². The van der Waals surface area contributed by atoms with E-state index in [0.29, 0.717) is 0 Å². The summed E-state index contributed by atoms with van der Waals surface area (Å²) < 4.78 is 5.12. The molecule has 3 nitrogen and oxygen atoms in total. The van der Waals surface area contributed by atoms with E-state index in [4.69, 9.17) is 0 Å². The molecule has 7 aromatic carbocycles. The Balaban J connectivity index is 1.27. The molecule has 1 aliphatic heterocycles. The molecule has 49 heavy (non-hydrogen) atoms. The van der Waals surface area contributed by atoms with Crippen molar-refractivity contribution in [3.05, 3.63) is 158 Å². The number of H-pyrrole nitrogens is 1. The minimum Gasteiger partial charge on any atom is -0.353 e. The van der Waals surface area contributed by atoms with Crippen molar-refractivity contribution < 1.29 is 0 Å². The second-order valence-electron chi connectivity index (χ2n) is 12.8. The Morgan fingerprint density at radius 1 is 0.531 bits per heavy atom. The zero-order valence-electron chi connectivity index (χ0n) is 26.4. The number of thiophene rings is 1. The van der Waals surface area contributed by atoms with E-state index >= 15 is 0 Å². The van der Waals surface area contributed by atoms with Gasteiger partial charge in [0, 0.05) is 60.1 Å². The van der Waals surface area contributed by atoms with Gasteiger partial charge in [-0.3, -0.25) is 0 Å². The van der Waals surface area contributed by atoms with Crippen LogP contribution in [0.3, 0.4) is 0 Å². The first-order chi connectivity index (χ1) is 24.3. The van der Waals surface area contributed by atoms with Crippen LogP contribution in [0, 0.1) is 0 Å². The molecule has 0 aliphatic carbocycles. The van der Waals surface area contributed by atoms with E-state index in [1.807, 2.05) is 11.3 Å². The van der Waals surface area contributed by atoms with E-state index in [1.54, 1.807) is 0 Å². The van der Waals surface area contributed by atoms with E-state index in [0.717, 1.165) is 17.1 Å². The lowest BCUT2D eigenvalue weighted by atomic mass is 9.59. The molecule has 0 unspecified atom stereocenters. The Labute approximate surface area is 287 Å². The smallest absolute Gasteiger partial charge is 0.197 e. The summed E-state index contributed by atoms with van der Waals surface area (Å²) in [6.45, 7) is 0. The van der Waals surface area contributed by atoms with Crippen molar-refractivity contribution in [1.29, 1.82) is 0 Å². The molecule has 0 atom stereocenters. The third-order valence-electron chi connectivity index (χ3n) is 10.1. The molecular formula is C44H27BN3S. The van der Waals surface area contributed by atoms with Crippen LogP contribution in [-0.4, -0.2) is 16.8 Å². The van der Waals surface area contributed by atoms with Crippen LogP contribution in [0.25, 0.3) is 69.8 Å². The van der Waals surface area contributed by atoms with E-state index in [1.165, 1.54) is 80.8 Å². The fraction of sp³-hybridized carbons (Fsp3) is 0. The van der Waals surface area contributed by atoms with E-state index in [-0.39, 0.29) is 0 Å². The molecule has 0 amide bonds. The number of aromatic amines is 1. The van der Waals surface area contributed by atoms with Gasteiger partial charge in [0.25, 0.3) is 0 Å². The Morgan fingerprint density at radius 2 is 1.20 bits per heavy atom. The summed E-state index contributed by atoms with van der Waals surface area (Å²) in [5.74, 6) is 0. The van der Waals surface area contributed by atoms with Gasteiger partial charge in [0.05, 0.1) is 21.3 Å². The molecule has 0 fully saturated rings. The molecule has 0 bridgehead atoms. The van der Waals surface area contributed by atoms with Crippen LogP contribution in [0.5, 0.6) is 0 Å². The van der Waals surface area contributed by atoms with Crippen LogP contribution < -0.4 is 15.8 Å². The lowest BCUT2D eigenvalue weighted by Crippen LogP contribution is -2.37. The minimum absolute atomic E-state index is 1.11. The predicted octanol–water partition coefficient (Wildman–Crippen LogP) is 10.7. The lowest BCUT2D eigenvalue weighted by molar-refractivity contribution is 1.18. The van der Waals surface area contributed by atoms with Crippen LogP contribution in [-0.2, 0) is 0 Å². The zero-order valence-corrected chi connectivity index (χ0v) is 27.2. The predicted molar refractivity (Wildman–Crippen MR) is 211 cm³/mol. The summed E-state index contributed by atoms with van der Waals surface area (Å²) in [5, 5.41) is 5.10. The first-order valence-electron chi connectivity index (χ1n) is 16.7. The fourth-order valence-electron chi connectivity index (χ4n) is 8.07. The number of rotatable bonds is 4. The molecule has 1 N–H and O–H groups in total. The van der Waals surface area contributed by atoms with E-state index in [2.05, 4.69) is 179 Å². The van der Waals surface area contributed by atoms with Gasteiger partial charge in [0.15, 0.2) is 7.28 Å². The summed E-state index contributed by atoms with van der Waals surface area (Å²) in [5.41, 5.74) is 14.3. The highest BCUT2D eigenvalue weighted by Gasteiger charge is 2.28. The van der Waals surface area contributed by atoms with Crippen molar-refractivity contribution in [1.82, 2.24) is 9.55 Å². The third kappa shape index (κ3) is 3.85. The molecule has 3 aromatic heterocycles. The second-order valence-corrected chi connectivity index (χ2v) is 13.9. The number of anilines is 3. The van der Waals surface area contributed by atoms with Gasteiger partial charge in [-0.25, -0.2) is 0 Å². The number of fused-ring (bicyclic) bond motifs is 10. The van der Waals surface area contributed by atoms with Crippen molar-refractivity contribution in [3.63, 3.8) is 0 Å². The highest BCUT2D eigenvalue weighted by atomic mass is 32.1. The fourth-order valence-corrected chi connectivity index (χ4v) is 9.25. The first kappa shape index (κ1) is 27.0. The van der Waals surface area contributed by atoms with Crippen molar-refractivity contribution in [2.24, 2.45) is 0 Å². The zero-order chi connectivity index (χ0) is 32.1. The number of para-hydroxylation sites is 5. The number of nitrogens with zero attached hydrogens (tertiary/aromatic N) is 2. The summed E-state index contributed by atoms with van der Waals surface area (Å²) >= 11 is 1.87. The van der Waals surface area contributed by atoms with Crippen molar-refractivity contribution in [3.8, 4) is 16.8 Å². The average Bonchev–Trinajstić information content (AvgIpc) is 3.82. The molecule has 0 saturated carbocycles. The number of hydrogen-bond acceptors (Lipinski definition) is 2.